The van der Waals surface area contributed by atoms with Gasteiger partial charge in [-0.25, -0.2) is 0 Å². The summed E-state index contributed by atoms with van der Waals surface area (Å²) in [6, 6.07) is 20.6. The predicted octanol–water partition coefficient (Wildman–Crippen LogP) is 4.54. The van der Waals surface area contributed by atoms with Gasteiger partial charge in [0, 0.05) is 12.7 Å². The number of pyridine rings is 1. The number of carbonyl (C=O) groups excluding carboxylic acids is 1. The van der Waals surface area contributed by atoms with E-state index in [1.807, 2.05) is 67.6 Å². The topological polar surface area (TPSA) is 63.4 Å². The Morgan fingerprint density at radius 1 is 0.968 bits per heavy atom. The Labute approximate surface area is 180 Å². The van der Waals surface area contributed by atoms with Gasteiger partial charge in [0.05, 0.1) is 16.6 Å². The first kappa shape index (κ1) is 19.2. The second-order valence-electron chi connectivity index (χ2n) is 7.75. The van der Waals surface area contributed by atoms with Crippen molar-refractivity contribution in [3.05, 3.63) is 111 Å². The molecule has 0 fully saturated rings. The van der Waals surface area contributed by atoms with Gasteiger partial charge in [-0.1, -0.05) is 49.4 Å². The highest BCUT2D eigenvalue weighted by Crippen LogP contribution is 2.37. The summed E-state index contributed by atoms with van der Waals surface area (Å²) in [5, 5.41) is 0.511. The zero-order valence-corrected chi connectivity index (χ0v) is 17.2. The number of carbonyl (C=O) groups is 1. The van der Waals surface area contributed by atoms with Gasteiger partial charge in [0.25, 0.3) is 5.91 Å². The average Bonchev–Trinajstić information content (AvgIpc) is 3.10. The Morgan fingerprint density at radius 2 is 1.77 bits per heavy atom. The van der Waals surface area contributed by atoms with Crippen molar-refractivity contribution in [1.82, 2.24) is 9.88 Å². The molecular formula is C26H22N2O3. The Hall–Kier alpha value is -3.73. The lowest BCUT2D eigenvalue weighted by atomic mass is 10.0. The number of nitrogens with zero attached hydrogens (tertiary/aromatic N) is 2. The normalized spacial score (nSPS) is 15.5. The van der Waals surface area contributed by atoms with Crippen LogP contribution in [-0.2, 0) is 12.8 Å². The summed E-state index contributed by atoms with van der Waals surface area (Å²) in [7, 11) is 0. The van der Waals surface area contributed by atoms with Crippen LogP contribution < -0.4 is 5.43 Å². The highest BCUT2D eigenvalue weighted by Gasteiger charge is 2.43. The van der Waals surface area contributed by atoms with E-state index in [0.717, 1.165) is 17.5 Å². The first-order chi connectivity index (χ1) is 15.2. The standard InChI is InChI=1S/C26H22N2O3/c1-2-17-11-12-21-19(16-17)24(29)22-23(20-10-6-7-14-27-20)28(26(30)25(22)31-21)15-13-18-8-4-3-5-9-18/h3-12,14,16,23H,2,13,15H2,1H3. The van der Waals surface area contributed by atoms with Crippen LogP contribution in [-0.4, -0.2) is 22.3 Å². The van der Waals surface area contributed by atoms with Crippen LogP contribution in [0.5, 0.6) is 0 Å². The van der Waals surface area contributed by atoms with E-state index in [1.165, 1.54) is 0 Å². The van der Waals surface area contributed by atoms with Crippen LogP contribution in [0.3, 0.4) is 0 Å². The third kappa shape index (κ3) is 3.32. The smallest absolute Gasteiger partial charge is 0.290 e. The van der Waals surface area contributed by atoms with Gasteiger partial charge in [0.1, 0.15) is 11.6 Å². The second kappa shape index (κ2) is 7.84. The molecule has 3 heterocycles. The molecule has 2 aromatic heterocycles. The lowest BCUT2D eigenvalue weighted by molar-refractivity contribution is 0.0727. The molecule has 5 rings (SSSR count). The molecule has 1 amide bonds. The van der Waals surface area contributed by atoms with E-state index in [0.29, 0.717) is 35.2 Å². The molecule has 1 aliphatic heterocycles. The third-order valence-electron chi connectivity index (χ3n) is 5.89. The Kier molecular flexibility index (Phi) is 4.86. The minimum absolute atomic E-state index is 0.130. The first-order valence-electron chi connectivity index (χ1n) is 10.5. The number of aromatic nitrogens is 1. The SMILES string of the molecule is CCc1ccc2oc3c(c(=O)c2c1)C(c1ccccn1)N(CCc1ccccc1)C3=O. The van der Waals surface area contributed by atoms with Crippen molar-refractivity contribution in [2.75, 3.05) is 6.54 Å². The van der Waals surface area contributed by atoms with Gasteiger partial charge in [-0.15, -0.1) is 0 Å². The Morgan fingerprint density at radius 3 is 2.52 bits per heavy atom. The molecule has 1 aliphatic rings. The van der Waals surface area contributed by atoms with Crippen molar-refractivity contribution in [2.24, 2.45) is 0 Å². The fourth-order valence-electron chi connectivity index (χ4n) is 4.26. The van der Waals surface area contributed by atoms with Crippen LogP contribution >= 0.6 is 0 Å². The lowest BCUT2D eigenvalue weighted by Gasteiger charge is -2.24. The van der Waals surface area contributed by atoms with Crippen LogP contribution in [0, 0.1) is 0 Å². The van der Waals surface area contributed by atoms with Gasteiger partial charge in [0.15, 0.2) is 5.43 Å². The minimum Gasteiger partial charge on any atom is -0.450 e. The number of amides is 1. The average molecular weight is 410 g/mol. The second-order valence-corrected chi connectivity index (χ2v) is 7.75. The molecule has 0 saturated carbocycles. The van der Waals surface area contributed by atoms with Gasteiger partial charge in [-0.05, 0) is 48.2 Å². The van der Waals surface area contributed by atoms with Crippen LogP contribution in [0.25, 0.3) is 11.0 Å². The van der Waals surface area contributed by atoms with Crippen molar-refractivity contribution in [3.63, 3.8) is 0 Å². The maximum Gasteiger partial charge on any atom is 0.290 e. The molecular weight excluding hydrogens is 388 g/mol. The molecule has 5 heteroatoms. The quantitative estimate of drug-likeness (QED) is 0.485. The fourth-order valence-corrected chi connectivity index (χ4v) is 4.26. The van der Waals surface area contributed by atoms with E-state index < -0.39 is 6.04 Å². The van der Waals surface area contributed by atoms with Crippen molar-refractivity contribution in [1.29, 1.82) is 0 Å². The summed E-state index contributed by atoms with van der Waals surface area (Å²) >= 11 is 0. The molecule has 1 unspecified atom stereocenters. The van der Waals surface area contributed by atoms with E-state index in [4.69, 9.17) is 4.42 Å². The molecule has 0 spiro atoms. The molecule has 2 aromatic carbocycles. The highest BCUT2D eigenvalue weighted by molar-refractivity contribution is 5.99. The van der Waals surface area contributed by atoms with Crippen LogP contribution in [0.15, 0.2) is 82.1 Å². The van der Waals surface area contributed by atoms with E-state index in [2.05, 4.69) is 4.98 Å². The zero-order valence-electron chi connectivity index (χ0n) is 17.2. The molecule has 0 saturated heterocycles. The molecule has 5 nitrogen and oxygen atoms in total. The fraction of sp³-hybridized carbons (Fsp3) is 0.192. The van der Waals surface area contributed by atoms with Crippen molar-refractivity contribution in [3.8, 4) is 0 Å². The van der Waals surface area contributed by atoms with Crippen LogP contribution in [0.1, 0.15) is 45.9 Å². The van der Waals surface area contributed by atoms with Crippen LogP contribution in [0.2, 0.25) is 0 Å². The number of hydrogen-bond donors (Lipinski definition) is 0. The van der Waals surface area contributed by atoms with Gasteiger partial charge < -0.3 is 9.32 Å². The summed E-state index contributed by atoms with van der Waals surface area (Å²) in [4.78, 5) is 33.1. The maximum atomic E-state index is 13.6. The maximum absolute atomic E-state index is 13.6. The lowest BCUT2D eigenvalue weighted by Crippen LogP contribution is -2.32. The Balaban J connectivity index is 1.65. The van der Waals surface area contributed by atoms with E-state index in [9.17, 15) is 9.59 Å². The summed E-state index contributed by atoms with van der Waals surface area (Å²) in [6.45, 7) is 2.51. The monoisotopic (exact) mass is 410 g/mol. The minimum atomic E-state index is -0.557. The summed E-state index contributed by atoms with van der Waals surface area (Å²) in [5.74, 6) is -0.134. The van der Waals surface area contributed by atoms with Crippen molar-refractivity contribution < 1.29 is 9.21 Å². The first-order valence-corrected chi connectivity index (χ1v) is 10.5. The number of fused-ring (bicyclic) bond motifs is 2. The van der Waals surface area contributed by atoms with Gasteiger partial charge in [-0.3, -0.25) is 14.6 Å². The molecule has 0 N–H and O–H groups in total. The van der Waals surface area contributed by atoms with Crippen LogP contribution in [0.4, 0.5) is 0 Å². The third-order valence-corrected chi connectivity index (χ3v) is 5.89. The summed E-state index contributed by atoms with van der Waals surface area (Å²) < 4.78 is 6.01. The number of benzene rings is 2. The molecule has 1 atom stereocenters. The predicted molar refractivity (Wildman–Crippen MR) is 119 cm³/mol. The molecule has 154 valence electrons. The van der Waals surface area contributed by atoms with Crippen molar-refractivity contribution in [2.45, 2.75) is 25.8 Å². The van der Waals surface area contributed by atoms with Gasteiger partial charge >= 0.3 is 0 Å². The van der Waals surface area contributed by atoms with E-state index in [-0.39, 0.29) is 17.1 Å². The molecule has 0 aliphatic carbocycles. The zero-order chi connectivity index (χ0) is 21.4. The number of hydrogen-bond acceptors (Lipinski definition) is 4. The summed E-state index contributed by atoms with van der Waals surface area (Å²) in [5.41, 5.74) is 3.53. The molecule has 0 radical (unpaired) electrons. The number of rotatable bonds is 5. The highest BCUT2D eigenvalue weighted by atomic mass is 16.3. The summed E-state index contributed by atoms with van der Waals surface area (Å²) in [6.07, 6.45) is 3.18. The molecule has 31 heavy (non-hydrogen) atoms. The number of aryl methyl sites for hydroxylation is 1. The van der Waals surface area contributed by atoms with E-state index in [1.54, 1.807) is 17.2 Å². The van der Waals surface area contributed by atoms with Crippen molar-refractivity contribution >= 4 is 16.9 Å². The molecule has 0 bridgehead atoms. The molecule has 4 aromatic rings. The van der Waals surface area contributed by atoms with Gasteiger partial charge in [0.2, 0.25) is 5.76 Å². The largest absolute Gasteiger partial charge is 0.450 e. The van der Waals surface area contributed by atoms with E-state index >= 15 is 0 Å². The Bertz CT molecular complexity index is 1310. The van der Waals surface area contributed by atoms with Gasteiger partial charge in [-0.2, -0.15) is 0 Å².